The summed E-state index contributed by atoms with van der Waals surface area (Å²) >= 11 is 0. The number of hydrogen-bond donors (Lipinski definition) is 2. The van der Waals surface area contributed by atoms with Gasteiger partial charge in [0.2, 0.25) is 0 Å². The van der Waals surface area contributed by atoms with E-state index in [4.69, 9.17) is 4.74 Å². The summed E-state index contributed by atoms with van der Waals surface area (Å²) in [6.07, 6.45) is 10.4. The maximum Gasteiger partial charge on any atom is 0.0771 e. The van der Waals surface area contributed by atoms with Gasteiger partial charge in [0.15, 0.2) is 0 Å². The normalized spacial score (nSPS) is 43.5. The Morgan fingerprint density at radius 1 is 1.11 bits per heavy atom. The molecule has 0 bridgehead atoms. The van der Waals surface area contributed by atoms with Crippen LogP contribution >= 0.6 is 0 Å². The fraction of sp³-hybridized carbons (Fsp3) is 1.00. The Morgan fingerprint density at radius 3 is 2.56 bits per heavy atom. The van der Waals surface area contributed by atoms with Gasteiger partial charge >= 0.3 is 0 Å². The molecular formula is C15H25NO2. The summed E-state index contributed by atoms with van der Waals surface area (Å²) in [5, 5.41) is 14.0. The van der Waals surface area contributed by atoms with Gasteiger partial charge in [-0.2, -0.15) is 0 Å². The van der Waals surface area contributed by atoms with Gasteiger partial charge in [-0.15, -0.1) is 0 Å². The summed E-state index contributed by atoms with van der Waals surface area (Å²) in [5.41, 5.74) is 0.0472. The molecule has 2 N–H and O–H groups in total. The van der Waals surface area contributed by atoms with E-state index in [0.29, 0.717) is 17.6 Å². The van der Waals surface area contributed by atoms with Crippen molar-refractivity contribution in [3.63, 3.8) is 0 Å². The highest BCUT2D eigenvalue weighted by Gasteiger charge is 2.64. The molecule has 3 heteroatoms. The van der Waals surface area contributed by atoms with Crippen molar-refractivity contribution in [1.82, 2.24) is 5.32 Å². The van der Waals surface area contributed by atoms with E-state index >= 15 is 0 Å². The number of rotatable bonds is 3. The fourth-order valence-corrected chi connectivity index (χ4v) is 5.07. The third-order valence-corrected chi connectivity index (χ3v) is 6.22. The van der Waals surface area contributed by atoms with Crippen LogP contribution in [-0.2, 0) is 4.74 Å². The van der Waals surface area contributed by atoms with Crippen molar-refractivity contribution in [2.45, 2.75) is 69.1 Å². The van der Waals surface area contributed by atoms with Crippen molar-refractivity contribution in [3.05, 3.63) is 0 Å². The molecule has 1 saturated heterocycles. The van der Waals surface area contributed by atoms with Crippen LogP contribution in [0.1, 0.15) is 51.4 Å². The van der Waals surface area contributed by atoms with Crippen LogP contribution in [0.15, 0.2) is 0 Å². The lowest BCUT2D eigenvalue weighted by Crippen LogP contribution is -2.69. The first-order chi connectivity index (χ1) is 8.74. The predicted octanol–water partition coefficient (Wildman–Crippen LogP) is 1.84. The third-order valence-electron chi connectivity index (χ3n) is 6.22. The zero-order valence-electron chi connectivity index (χ0n) is 11.2. The molecule has 4 aliphatic rings. The molecule has 1 spiro atoms. The average molecular weight is 251 g/mol. The summed E-state index contributed by atoms with van der Waals surface area (Å²) in [5.74, 6) is 0.728. The molecule has 4 fully saturated rings. The van der Waals surface area contributed by atoms with Crippen molar-refractivity contribution in [3.8, 4) is 0 Å². The van der Waals surface area contributed by atoms with E-state index in [-0.39, 0.29) is 5.60 Å². The first-order valence-electron chi connectivity index (χ1n) is 7.81. The second-order valence-corrected chi connectivity index (χ2v) is 7.12. The standard InChI is InChI=1S/C15H25NO2/c17-14(5-3-6-14)10-16-12-11-4-9-18-13(11)15(12)7-1-2-8-15/h11-13,16-17H,1-10H2. The van der Waals surface area contributed by atoms with Crippen LogP contribution in [0, 0.1) is 11.3 Å². The largest absolute Gasteiger partial charge is 0.389 e. The topological polar surface area (TPSA) is 41.5 Å². The highest BCUT2D eigenvalue weighted by atomic mass is 16.5. The molecule has 0 aromatic rings. The second kappa shape index (κ2) is 3.94. The number of ether oxygens (including phenoxy) is 1. The number of aliphatic hydroxyl groups is 1. The molecule has 0 aromatic heterocycles. The summed E-state index contributed by atoms with van der Waals surface area (Å²) in [7, 11) is 0. The van der Waals surface area contributed by atoms with E-state index < -0.39 is 0 Å². The Bertz CT molecular complexity index is 333. The zero-order chi connectivity index (χ0) is 12.2. The molecule has 1 aliphatic heterocycles. The van der Waals surface area contributed by atoms with E-state index in [1.807, 2.05) is 0 Å². The van der Waals surface area contributed by atoms with Gasteiger partial charge in [-0.25, -0.2) is 0 Å². The summed E-state index contributed by atoms with van der Waals surface area (Å²) in [4.78, 5) is 0. The fourth-order valence-electron chi connectivity index (χ4n) is 5.07. The highest BCUT2D eigenvalue weighted by Crippen LogP contribution is 2.60. The van der Waals surface area contributed by atoms with Crippen LogP contribution < -0.4 is 5.32 Å². The smallest absolute Gasteiger partial charge is 0.0771 e. The molecule has 0 aromatic carbocycles. The van der Waals surface area contributed by atoms with E-state index in [0.717, 1.165) is 31.9 Å². The van der Waals surface area contributed by atoms with Gasteiger partial charge in [0, 0.05) is 30.5 Å². The first-order valence-corrected chi connectivity index (χ1v) is 7.81. The average Bonchev–Trinajstić information content (AvgIpc) is 2.93. The second-order valence-electron chi connectivity index (χ2n) is 7.12. The van der Waals surface area contributed by atoms with E-state index in [2.05, 4.69) is 5.32 Å². The van der Waals surface area contributed by atoms with Crippen molar-refractivity contribution in [2.75, 3.05) is 13.2 Å². The molecule has 0 radical (unpaired) electrons. The van der Waals surface area contributed by atoms with E-state index in [1.165, 1.54) is 38.5 Å². The monoisotopic (exact) mass is 251 g/mol. The van der Waals surface area contributed by atoms with Gasteiger partial charge in [-0.1, -0.05) is 12.8 Å². The Hall–Kier alpha value is -0.120. The quantitative estimate of drug-likeness (QED) is 0.804. The Kier molecular flexibility index (Phi) is 2.56. The minimum Gasteiger partial charge on any atom is -0.389 e. The predicted molar refractivity (Wildman–Crippen MR) is 69.3 cm³/mol. The number of hydrogen-bond acceptors (Lipinski definition) is 3. The minimum atomic E-state index is -0.385. The maximum absolute atomic E-state index is 10.3. The zero-order valence-corrected chi connectivity index (χ0v) is 11.2. The van der Waals surface area contributed by atoms with Gasteiger partial charge in [0.1, 0.15) is 0 Å². The third kappa shape index (κ3) is 1.47. The lowest BCUT2D eigenvalue weighted by molar-refractivity contribution is -0.138. The molecule has 3 unspecified atom stereocenters. The Labute approximate surface area is 109 Å². The van der Waals surface area contributed by atoms with Crippen LogP contribution in [-0.4, -0.2) is 36.0 Å². The van der Waals surface area contributed by atoms with Crippen molar-refractivity contribution < 1.29 is 9.84 Å². The van der Waals surface area contributed by atoms with Gasteiger partial charge in [0.05, 0.1) is 11.7 Å². The molecule has 3 saturated carbocycles. The molecule has 3 aliphatic carbocycles. The highest BCUT2D eigenvalue weighted by molar-refractivity contribution is 5.17. The summed E-state index contributed by atoms with van der Waals surface area (Å²) in [6, 6.07) is 0.622. The van der Waals surface area contributed by atoms with Crippen LogP contribution in [0.5, 0.6) is 0 Å². The first kappa shape index (κ1) is 11.7. The Balaban J connectivity index is 1.45. The van der Waals surface area contributed by atoms with Gasteiger partial charge in [0.25, 0.3) is 0 Å². The van der Waals surface area contributed by atoms with Crippen LogP contribution in [0.25, 0.3) is 0 Å². The lowest BCUT2D eigenvalue weighted by atomic mass is 9.54. The number of fused-ring (bicyclic) bond motifs is 2. The van der Waals surface area contributed by atoms with E-state index in [1.54, 1.807) is 0 Å². The van der Waals surface area contributed by atoms with Crippen LogP contribution in [0.3, 0.4) is 0 Å². The molecule has 3 nitrogen and oxygen atoms in total. The molecule has 0 amide bonds. The summed E-state index contributed by atoms with van der Waals surface area (Å²) in [6.45, 7) is 1.77. The van der Waals surface area contributed by atoms with Crippen molar-refractivity contribution in [2.24, 2.45) is 11.3 Å². The molecular weight excluding hydrogens is 226 g/mol. The SMILES string of the molecule is OC1(CNC2C3CCOC3C23CCCC3)CCC1. The summed E-state index contributed by atoms with van der Waals surface area (Å²) < 4.78 is 5.99. The molecule has 3 atom stereocenters. The molecule has 4 rings (SSSR count). The van der Waals surface area contributed by atoms with Gasteiger partial charge in [-0.05, 0) is 38.5 Å². The Morgan fingerprint density at radius 2 is 1.89 bits per heavy atom. The minimum absolute atomic E-state index is 0.385. The van der Waals surface area contributed by atoms with E-state index in [9.17, 15) is 5.11 Å². The van der Waals surface area contributed by atoms with Crippen LogP contribution in [0.4, 0.5) is 0 Å². The maximum atomic E-state index is 10.3. The van der Waals surface area contributed by atoms with Gasteiger partial charge < -0.3 is 15.2 Å². The molecule has 102 valence electrons. The number of nitrogens with one attached hydrogen (secondary N) is 1. The van der Waals surface area contributed by atoms with Crippen LogP contribution in [0.2, 0.25) is 0 Å². The molecule has 18 heavy (non-hydrogen) atoms. The molecule has 1 heterocycles. The van der Waals surface area contributed by atoms with Gasteiger partial charge in [-0.3, -0.25) is 0 Å². The van der Waals surface area contributed by atoms with Crippen molar-refractivity contribution in [1.29, 1.82) is 0 Å². The van der Waals surface area contributed by atoms with Crippen molar-refractivity contribution >= 4 is 0 Å². The lowest BCUT2D eigenvalue weighted by Gasteiger charge is -2.58.